The molecule has 0 amide bonds. The van der Waals surface area contributed by atoms with Crippen molar-refractivity contribution in [2.45, 2.75) is 96.2 Å². The number of esters is 1. The lowest BCUT2D eigenvalue weighted by molar-refractivity contribution is -0.134. The van der Waals surface area contributed by atoms with Crippen LogP contribution in [0.4, 0.5) is 0 Å². The molecule has 0 aromatic heterocycles. The van der Waals surface area contributed by atoms with Crippen molar-refractivity contribution in [1.82, 2.24) is 0 Å². The van der Waals surface area contributed by atoms with Crippen LogP contribution in [0.15, 0.2) is 12.2 Å². The smallest absolute Gasteiger partial charge is 0.330 e. The van der Waals surface area contributed by atoms with Crippen molar-refractivity contribution in [3.8, 4) is 0 Å². The van der Waals surface area contributed by atoms with E-state index in [1.54, 1.807) is 0 Å². The molecule has 0 saturated carbocycles. The summed E-state index contributed by atoms with van der Waals surface area (Å²) in [6, 6.07) is 0. The van der Waals surface area contributed by atoms with Crippen molar-refractivity contribution in [2.24, 2.45) is 0 Å². The molecule has 2 unspecified atom stereocenters. The van der Waals surface area contributed by atoms with Gasteiger partial charge in [0.25, 0.3) is 0 Å². The van der Waals surface area contributed by atoms with Crippen molar-refractivity contribution in [2.75, 3.05) is 7.11 Å². The molecule has 0 aromatic carbocycles. The topological polar surface area (TPSA) is 38.8 Å². The summed E-state index contributed by atoms with van der Waals surface area (Å²) in [6.07, 6.45) is 19.8. The second-order valence-corrected chi connectivity index (χ2v) is 6.33. The number of ether oxygens (including phenoxy) is 2. The summed E-state index contributed by atoms with van der Waals surface area (Å²) in [5.41, 5.74) is 0. The van der Waals surface area contributed by atoms with Crippen LogP contribution in [0.2, 0.25) is 0 Å². The Bertz CT molecular complexity index is 312. The van der Waals surface area contributed by atoms with Gasteiger partial charge in [-0.3, -0.25) is 0 Å². The number of epoxide rings is 1. The van der Waals surface area contributed by atoms with E-state index in [2.05, 4.69) is 11.7 Å². The van der Waals surface area contributed by atoms with Gasteiger partial charge in [-0.15, -0.1) is 0 Å². The minimum absolute atomic E-state index is 0.254. The van der Waals surface area contributed by atoms with Gasteiger partial charge in [0.1, 0.15) is 0 Å². The molecule has 3 nitrogen and oxygen atoms in total. The lowest BCUT2D eigenvalue weighted by atomic mass is 10.0. The zero-order chi connectivity index (χ0) is 16.0. The maximum atomic E-state index is 10.9. The number of allylic oxidation sites excluding steroid dienone is 1. The standard InChI is InChI=1S/C19H34O3/c1-3-4-11-14-17-18(22-17)15-12-9-7-5-6-8-10-13-16-19(20)21-2/h13,16-18H,3-12,14-15H2,1-2H3. The van der Waals surface area contributed by atoms with Crippen LogP contribution in [-0.4, -0.2) is 25.3 Å². The highest BCUT2D eigenvalue weighted by Crippen LogP contribution is 2.31. The molecular weight excluding hydrogens is 276 g/mol. The van der Waals surface area contributed by atoms with Crippen molar-refractivity contribution >= 4 is 5.97 Å². The molecule has 3 heteroatoms. The van der Waals surface area contributed by atoms with Crippen LogP contribution in [0.1, 0.15) is 84.0 Å². The van der Waals surface area contributed by atoms with Crippen LogP contribution in [0.25, 0.3) is 0 Å². The molecule has 1 aliphatic heterocycles. The number of rotatable bonds is 14. The first-order chi connectivity index (χ1) is 10.8. The summed E-state index contributed by atoms with van der Waals surface area (Å²) in [4.78, 5) is 10.9. The third-order valence-electron chi connectivity index (χ3n) is 4.34. The Hall–Kier alpha value is -0.830. The third kappa shape index (κ3) is 9.99. The van der Waals surface area contributed by atoms with Gasteiger partial charge in [-0.05, 0) is 25.7 Å². The highest BCUT2D eigenvalue weighted by atomic mass is 16.6. The molecule has 128 valence electrons. The van der Waals surface area contributed by atoms with Crippen molar-refractivity contribution < 1.29 is 14.3 Å². The first kappa shape index (κ1) is 19.2. The SMILES string of the molecule is CCCCCC1OC1CCCCCCCCC=CC(=O)OC. The predicted octanol–water partition coefficient (Wildman–Crippen LogP) is 5.18. The van der Waals surface area contributed by atoms with Crippen molar-refractivity contribution in [1.29, 1.82) is 0 Å². The molecule has 0 bridgehead atoms. The van der Waals surface area contributed by atoms with Gasteiger partial charge in [0, 0.05) is 6.08 Å². The predicted molar refractivity (Wildman–Crippen MR) is 90.9 cm³/mol. The summed E-state index contributed by atoms with van der Waals surface area (Å²) >= 11 is 0. The zero-order valence-corrected chi connectivity index (χ0v) is 14.5. The van der Waals surface area contributed by atoms with E-state index in [-0.39, 0.29) is 5.97 Å². The van der Waals surface area contributed by atoms with Crippen molar-refractivity contribution in [3.05, 3.63) is 12.2 Å². The van der Waals surface area contributed by atoms with Gasteiger partial charge in [0.15, 0.2) is 0 Å². The first-order valence-electron chi connectivity index (χ1n) is 9.18. The van der Waals surface area contributed by atoms with E-state index in [0.29, 0.717) is 12.2 Å². The highest BCUT2D eigenvalue weighted by molar-refractivity contribution is 5.81. The maximum absolute atomic E-state index is 10.9. The highest BCUT2D eigenvalue weighted by Gasteiger charge is 2.36. The lowest BCUT2D eigenvalue weighted by Gasteiger charge is -2.00. The molecule has 1 saturated heterocycles. The summed E-state index contributed by atoms with van der Waals surface area (Å²) < 4.78 is 10.3. The van der Waals surface area contributed by atoms with E-state index in [1.165, 1.54) is 83.8 Å². The van der Waals surface area contributed by atoms with Crippen LogP contribution >= 0.6 is 0 Å². The van der Waals surface area contributed by atoms with Crippen LogP contribution in [-0.2, 0) is 14.3 Å². The quantitative estimate of drug-likeness (QED) is 0.192. The number of unbranched alkanes of at least 4 members (excludes halogenated alkanes) is 8. The van der Waals surface area contributed by atoms with Crippen LogP contribution < -0.4 is 0 Å². The molecule has 0 N–H and O–H groups in total. The molecule has 0 spiro atoms. The molecule has 1 heterocycles. The third-order valence-corrected chi connectivity index (χ3v) is 4.34. The van der Waals surface area contributed by atoms with Crippen LogP contribution in [0.3, 0.4) is 0 Å². The summed E-state index contributed by atoms with van der Waals surface area (Å²) in [7, 11) is 1.41. The number of carbonyl (C=O) groups excluding carboxylic acids is 1. The maximum Gasteiger partial charge on any atom is 0.330 e. The largest absolute Gasteiger partial charge is 0.466 e. The Balaban J connectivity index is 1.78. The van der Waals surface area contributed by atoms with Gasteiger partial charge in [0.2, 0.25) is 0 Å². The van der Waals surface area contributed by atoms with Gasteiger partial charge >= 0.3 is 5.97 Å². The Kier molecular flexibility index (Phi) is 11.1. The molecular formula is C19H34O3. The average Bonchev–Trinajstić information content (AvgIpc) is 3.27. The van der Waals surface area contributed by atoms with Crippen molar-refractivity contribution in [3.63, 3.8) is 0 Å². The zero-order valence-electron chi connectivity index (χ0n) is 14.5. The van der Waals surface area contributed by atoms with Gasteiger partial charge in [0.05, 0.1) is 19.3 Å². The van der Waals surface area contributed by atoms with E-state index in [9.17, 15) is 4.79 Å². The minimum Gasteiger partial charge on any atom is -0.466 e. The number of hydrogen-bond donors (Lipinski definition) is 0. The Morgan fingerprint density at radius 1 is 0.955 bits per heavy atom. The molecule has 2 atom stereocenters. The Labute approximate surface area is 136 Å². The molecule has 22 heavy (non-hydrogen) atoms. The Morgan fingerprint density at radius 2 is 1.55 bits per heavy atom. The van der Waals surface area contributed by atoms with Gasteiger partial charge < -0.3 is 9.47 Å². The van der Waals surface area contributed by atoms with E-state index in [1.807, 2.05) is 6.08 Å². The number of methoxy groups -OCH3 is 1. The molecule has 0 radical (unpaired) electrons. The average molecular weight is 310 g/mol. The fourth-order valence-electron chi connectivity index (χ4n) is 2.84. The summed E-state index contributed by atoms with van der Waals surface area (Å²) in [5.74, 6) is -0.254. The van der Waals surface area contributed by atoms with Crippen LogP contribution in [0, 0.1) is 0 Å². The van der Waals surface area contributed by atoms with Gasteiger partial charge in [-0.25, -0.2) is 4.79 Å². The summed E-state index contributed by atoms with van der Waals surface area (Å²) in [5, 5.41) is 0. The lowest BCUT2D eigenvalue weighted by Crippen LogP contribution is -1.94. The fourth-order valence-corrected chi connectivity index (χ4v) is 2.84. The fraction of sp³-hybridized carbons (Fsp3) is 0.842. The second-order valence-electron chi connectivity index (χ2n) is 6.33. The minimum atomic E-state index is -0.254. The molecule has 1 rings (SSSR count). The normalized spacial score (nSPS) is 20.5. The monoisotopic (exact) mass is 310 g/mol. The number of hydrogen-bond acceptors (Lipinski definition) is 3. The van der Waals surface area contributed by atoms with E-state index in [0.717, 1.165) is 6.42 Å². The summed E-state index contributed by atoms with van der Waals surface area (Å²) in [6.45, 7) is 2.25. The molecule has 1 fully saturated rings. The Morgan fingerprint density at radius 3 is 2.18 bits per heavy atom. The van der Waals surface area contributed by atoms with Gasteiger partial charge in [-0.2, -0.15) is 0 Å². The molecule has 0 aliphatic carbocycles. The van der Waals surface area contributed by atoms with E-state index < -0.39 is 0 Å². The second kappa shape index (κ2) is 12.7. The van der Waals surface area contributed by atoms with E-state index in [4.69, 9.17) is 4.74 Å². The van der Waals surface area contributed by atoms with E-state index >= 15 is 0 Å². The number of carbonyl (C=O) groups is 1. The van der Waals surface area contributed by atoms with Gasteiger partial charge in [-0.1, -0.05) is 64.4 Å². The molecule has 1 aliphatic rings. The van der Waals surface area contributed by atoms with Crippen LogP contribution in [0.5, 0.6) is 0 Å². The molecule has 0 aromatic rings. The first-order valence-corrected chi connectivity index (χ1v) is 9.18.